The Kier molecular flexibility index (Phi) is 6.09. The summed E-state index contributed by atoms with van der Waals surface area (Å²) in [5, 5.41) is 13.3. The molecule has 4 heteroatoms. The maximum Gasteiger partial charge on any atom is 0.224 e. The lowest BCUT2D eigenvalue weighted by Gasteiger charge is -2.35. The van der Waals surface area contributed by atoms with Gasteiger partial charge < -0.3 is 16.2 Å². The van der Waals surface area contributed by atoms with Gasteiger partial charge in [-0.1, -0.05) is 20.3 Å². The van der Waals surface area contributed by atoms with E-state index < -0.39 is 5.60 Å². The van der Waals surface area contributed by atoms with Crippen molar-refractivity contribution in [1.29, 1.82) is 0 Å². The van der Waals surface area contributed by atoms with E-state index in [1.54, 1.807) is 0 Å². The third kappa shape index (κ3) is 4.58. The first kappa shape index (κ1) is 15.4. The third-order valence-corrected chi connectivity index (χ3v) is 4.09. The van der Waals surface area contributed by atoms with Gasteiger partial charge in [-0.2, -0.15) is 0 Å². The second-order valence-electron chi connectivity index (χ2n) is 5.85. The molecule has 0 spiro atoms. The van der Waals surface area contributed by atoms with Crippen molar-refractivity contribution in [2.24, 2.45) is 17.6 Å². The van der Waals surface area contributed by atoms with Gasteiger partial charge in [-0.25, -0.2) is 0 Å². The van der Waals surface area contributed by atoms with Gasteiger partial charge in [0.05, 0.1) is 11.5 Å². The number of hydrogen-bond acceptors (Lipinski definition) is 3. The smallest absolute Gasteiger partial charge is 0.224 e. The minimum Gasteiger partial charge on any atom is -0.388 e. The molecule has 1 unspecified atom stereocenters. The number of amides is 1. The van der Waals surface area contributed by atoms with Gasteiger partial charge in [0.15, 0.2) is 0 Å². The largest absolute Gasteiger partial charge is 0.388 e. The maximum atomic E-state index is 11.9. The first-order chi connectivity index (χ1) is 8.50. The average Bonchev–Trinajstić information content (AvgIpc) is 2.37. The quantitative estimate of drug-likeness (QED) is 0.673. The van der Waals surface area contributed by atoms with Crippen LogP contribution in [0, 0.1) is 11.8 Å². The molecule has 18 heavy (non-hydrogen) atoms. The Morgan fingerprint density at radius 3 is 2.61 bits per heavy atom. The van der Waals surface area contributed by atoms with E-state index in [0.717, 1.165) is 38.5 Å². The third-order valence-electron chi connectivity index (χ3n) is 4.09. The van der Waals surface area contributed by atoms with Crippen LogP contribution in [0.2, 0.25) is 0 Å². The highest BCUT2D eigenvalue weighted by atomic mass is 16.3. The predicted octanol–water partition coefficient (Wildman–Crippen LogP) is 1.42. The van der Waals surface area contributed by atoms with Gasteiger partial charge in [0.1, 0.15) is 0 Å². The van der Waals surface area contributed by atoms with E-state index in [0.29, 0.717) is 19.0 Å². The highest BCUT2D eigenvalue weighted by molar-refractivity contribution is 5.78. The SMILES string of the molecule is CCCC(CN)C(=O)NCC1(O)CCC(C)CC1. The molecule has 1 aliphatic carbocycles. The van der Waals surface area contributed by atoms with Crippen LogP contribution in [0.3, 0.4) is 0 Å². The summed E-state index contributed by atoms with van der Waals surface area (Å²) in [5.41, 5.74) is 4.90. The van der Waals surface area contributed by atoms with E-state index in [1.165, 1.54) is 0 Å². The lowest BCUT2D eigenvalue weighted by atomic mass is 9.79. The molecule has 1 aliphatic rings. The molecule has 4 N–H and O–H groups in total. The standard InChI is InChI=1S/C14H28N2O2/c1-3-4-12(9-15)13(17)16-10-14(18)7-5-11(2)6-8-14/h11-12,18H,3-10,15H2,1-2H3,(H,16,17). The van der Waals surface area contributed by atoms with Gasteiger partial charge in [0, 0.05) is 13.1 Å². The molecule has 0 heterocycles. The summed E-state index contributed by atoms with van der Waals surface area (Å²) in [7, 11) is 0. The van der Waals surface area contributed by atoms with Gasteiger partial charge >= 0.3 is 0 Å². The molecule has 0 saturated heterocycles. The van der Waals surface area contributed by atoms with Crippen LogP contribution in [-0.2, 0) is 4.79 Å². The van der Waals surface area contributed by atoms with Crippen LogP contribution >= 0.6 is 0 Å². The Morgan fingerprint density at radius 1 is 1.50 bits per heavy atom. The molecule has 0 aliphatic heterocycles. The van der Waals surface area contributed by atoms with Crippen LogP contribution in [0.5, 0.6) is 0 Å². The molecule has 106 valence electrons. The molecule has 1 atom stereocenters. The van der Waals surface area contributed by atoms with E-state index >= 15 is 0 Å². The summed E-state index contributed by atoms with van der Waals surface area (Å²) in [4.78, 5) is 11.9. The van der Waals surface area contributed by atoms with E-state index in [1.807, 2.05) is 6.92 Å². The van der Waals surface area contributed by atoms with Gasteiger partial charge in [0.2, 0.25) is 5.91 Å². The first-order valence-corrected chi connectivity index (χ1v) is 7.21. The summed E-state index contributed by atoms with van der Waals surface area (Å²) >= 11 is 0. The zero-order valence-corrected chi connectivity index (χ0v) is 11.7. The van der Waals surface area contributed by atoms with Crippen LogP contribution in [0.25, 0.3) is 0 Å². The van der Waals surface area contributed by atoms with Crippen molar-refractivity contribution in [3.8, 4) is 0 Å². The summed E-state index contributed by atoms with van der Waals surface area (Å²) in [5.74, 6) is 0.574. The van der Waals surface area contributed by atoms with Crippen LogP contribution in [-0.4, -0.2) is 29.7 Å². The molecule has 0 aromatic heterocycles. The summed E-state index contributed by atoms with van der Waals surface area (Å²) < 4.78 is 0. The van der Waals surface area contributed by atoms with E-state index in [-0.39, 0.29) is 11.8 Å². The highest BCUT2D eigenvalue weighted by Gasteiger charge is 2.32. The maximum absolute atomic E-state index is 11.9. The van der Waals surface area contributed by atoms with Crippen LogP contribution in [0.15, 0.2) is 0 Å². The van der Waals surface area contributed by atoms with Crippen LogP contribution in [0.1, 0.15) is 52.4 Å². The average molecular weight is 256 g/mol. The fraction of sp³-hybridized carbons (Fsp3) is 0.929. The molecular formula is C14H28N2O2. The van der Waals surface area contributed by atoms with Crippen molar-refractivity contribution < 1.29 is 9.90 Å². The molecule has 1 amide bonds. The van der Waals surface area contributed by atoms with Gasteiger partial charge in [-0.05, 0) is 38.0 Å². The fourth-order valence-electron chi connectivity index (χ4n) is 2.58. The number of carbonyl (C=O) groups is 1. The number of rotatable bonds is 6. The minimum atomic E-state index is -0.701. The molecule has 0 aromatic carbocycles. The summed E-state index contributed by atoms with van der Waals surface area (Å²) in [6.07, 6.45) is 5.43. The van der Waals surface area contributed by atoms with E-state index in [4.69, 9.17) is 5.73 Å². The van der Waals surface area contributed by atoms with Crippen LogP contribution in [0.4, 0.5) is 0 Å². The zero-order chi connectivity index (χ0) is 13.6. The van der Waals surface area contributed by atoms with Crippen molar-refractivity contribution in [1.82, 2.24) is 5.32 Å². The Bertz CT molecular complexity index is 261. The van der Waals surface area contributed by atoms with Crippen LogP contribution < -0.4 is 11.1 Å². The second-order valence-corrected chi connectivity index (χ2v) is 5.85. The highest BCUT2D eigenvalue weighted by Crippen LogP contribution is 2.31. The fourth-order valence-corrected chi connectivity index (χ4v) is 2.58. The monoisotopic (exact) mass is 256 g/mol. The van der Waals surface area contributed by atoms with Crippen molar-refractivity contribution in [2.45, 2.75) is 58.0 Å². The lowest BCUT2D eigenvalue weighted by Crippen LogP contribution is -2.47. The number of aliphatic hydroxyl groups is 1. The summed E-state index contributed by atoms with van der Waals surface area (Å²) in [6.45, 7) is 5.02. The number of carbonyl (C=O) groups excluding carboxylic acids is 1. The molecule has 0 bridgehead atoms. The van der Waals surface area contributed by atoms with E-state index in [2.05, 4.69) is 12.2 Å². The number of hydrogen-bond donors (Lipinski definition) is 3. The number of nitrogens with two attached hydrogens (primary N) is 1. The minimum absolute atomic E-state index is 0.00797. The molecular weight excluding hydrogens is 228 g/mol. The Morgan fingerprint density at radius 2 is 2.11 bits per heavy atom. The van der Waals surface area contributed by atoms with Crippen molar-refractivity contribution in [3.63, 3.8) is 0 Å². The van der Waals surface area contributed by atoms with Crippen molar-refractivity contribution in [3.05, 3.63) is 0 Å². The Labute approximate surface area is 110 Å². The topological polar surface area (TPSA) is 75.4 Å². The first-order valence-electron chi connectivity index (χ1n) is 7.21. The zero-order valence-electron chi connectivity index (χ0n) is 11.7. The molecule has 4 nitrogen and oxygen atoms in total. The predicted molar refractivity (Wildman–Crippen MR) is 73.0 cm³/mol. The lowest BCUT2D eigenvalue weighted by molar-refractivity contribution is -0.126. The second kappa shape index (κ2) is 7.10. The van der Waals surface area contributed by atoms with Crippen molar-refractivity contribution >= 4 is 5.91 Å². The van der Waals surface area contributed by atoms with Gasteiger partial charge in [-0.3, -0.25) is 4.79 Å². The number of nitrogens with one attached hydrogen (secondary N) is 1. The van der Waals surface area contributed by atoms with Gasteiger partial charge in [-0.15, -0.1) is 0 Å². The van der Waals surface area contributed by atoms with E-state index in [9.17, 15) is 9.90 Å². The normalized spacial score (nSPS) is 29.9. The Hall–Kier alpha value is -0.610. The molecule has 0 radical (unpaired) electrons. The summed E-state index contributed by atoms with van der Waals surface area (Å²) in [6, 6.07) is 0. The Balaban J connectivity index is 2.37. The molecule has 1 fully saturated rings. The molecule has 0 aromatic rings. The molecule has 1 saturated carbocycles. The van der Waals surface area contributed by atoms with Gasteiger partial charge in [0.25, 0.3) is 0 Å². The molecule has 1 rings (SSSR count). The van der Waals surface area contributed by atoms with Crippen molar-refractivity contribution in [2.75, 3.05) is 13.1 Å².